The van der Waals surface area contributed by atoms with Gasteiger partial charge in [0, 0.05) is 5.39 Å². The molecule has 0 aliphatic rings. The molecule has 0 aliphatic heterocycles. The normalized spacial score (nSPS) is 11.1. The first-order chi connectivity index (χ1) is 10.3. The van der Waals surface area contributed by atoms with E-state index in [1.54, 1.807) is 5.01 Å². The number of furan rings is 1. The highest BCUT2D eigenvalue weighted by atomic mass is 16.3. The molecular weight excluding hydrogens is 260 g/mol. The maximum Gasteiger partial charge on any atom is 0.137 e. The zero-order valence-electron chi connectivity index (χ0n) is 11.4. The molecule has 0 aliphatic carbocycles. The molecule has 0 bridgehead atoms. The summed E-state index contributed by atoms with van der Waals surface area (Å²) < 4.78 is 5.90. The summed E-state index contributed by atoms with van der Waals surface area (Å²) in [7, 11) is 0. The quantitative estimate of drug-likeness (QED) is 0.429. The van der Waals surface area contributed by atoms with Gasteiger partial charge in [-0.1, -0.05) is 42.5 Å². The number of hydrogen-bond donors (Lipinski definition) is 1. The third kappa shape index (κ3) is 1.87. The van der Waals surface area contributed by atoms with Gasteiger partial charge < -0.3 is 4.42 Å². The van der Waals surface area contributed by atoms with Crippen molar-refractivity contribution >= 4 is 33.3 Å². The van der Waals surface area contributed by atoms with Gasteiger partial charge in [-0.2, -0.15) is 0 Å². The molecule has 1 heterocycles. The Morgan fingerprint density at radius 1 is 0.714 bits per heavy atom. The maximum absolute atomic E-state index is 6.32. The first-order valence-corrected chi connectivity index (χ1v) is 6.85. The number of anilines is 2. The Labute approximate surface area is 122 Å². The fourth-order valence-electron chi connectivity index (χ4n) is 2.68. The van der Waals surface area contributed by atoms with E-state index in [9.17, 15) is 0 Å². The van der Waals surface area contributed by atoms with Crippen molar-refractivity contribution in [1.29, 1.82) is 0 Å². The molecule has 0 unspecified atom stereocenters. The van der Waals surface area contributed by atoms with Crippen molar-refractivity contribution in [1.82, 2.24) is 0 Å². The first-order valence-electron chi connectivity index (χ1n) is 6.85. The highest BCUT2D eigenvalue weighted by Gasteiger charge is 2.14. The molecule has 4 aromatic rings. The van der Waals surface area contributed by atoms with E-state index >= 15 is 0 Å². The average molecular weight is 274 g/mol. The minimum Gasteiger partial charge on any atom is -0.456 e. The number of nitrogens with zero attached hydrogens (tertiary/aromatic N) is 1. The Morgan fingerprint density at radius 3 is 2.29 bits per heavy atom. The smallest absolute Gasteiger partial charge is 0.137 e. The predicted octanol–water partition coefficient (Wildman–Crippen LogP) is 4.60. The van der Waals surface area contributed by atoms with Gasteiger partial charge in [0.15, 0.2) is 0 Å². The van der Waals surface area contributed by atoms with Crippen LogP contribution in [0.15, 0.2) is 77.2 Å². The SMILES string of the molecule is NN(c1ccccc1)c1cccc2oc3ccccc3c12. The van der Waals surface area contributed by atoms with Crippen LogP contribution in [0.1, 0.15) is 0 Å². The standard InChI is InChI=1S/C18H14N2O/c19-20(13-7-2-1-3-8-13)15-10-6-12-17-18(15)14-9-4-5-11-16(14)21-17/h1-12H,19H2. The first kappa shape index (κ1) is 12.0. The van der Waals surface area contributed by atoms with Crippen LogP contribution >= 0.6 is 0 Å². The van der Waals surface area contributed by atoms with Crippen LogP contribution in [0, 0.1) is 0 Å². The number of fused-ring (bicyclic) bond motifs is 3. The Bertz CT molecular complexity index is 912. The number of para-hydroxylation sites is 2. The fraction of sp³-hybridized carbons (Fsp3) is 0. The molecule has 21 heavy (non-hydrogen) atoms. The van der Waals surface area contributed by atoms with Gasteiger partial charge in [0.2, 0.25) is 0 Å². The van der Waals surface area contributed by atoms with Crippen molar-refractivity contribution in [3.05, 3.63) is 72.8 Å². The van der Waals surface area contributed by atoms with Crippen LogP contribution in [0.3, 0.4) is 0 Å². The minimum atomic E-state index is 0.847. The summed E-state index contributed by atoms with van der Waals surface area (Å²) >= 11 is 0. The van der Waals surface area contributed by atoms with Crippen LogP contribution in [0.5, 0.6) is 0 Å². The zero-order chi connectivity index (χ0) is 14.2. The molecule has 102 valence electrons. The van der Waals surface area contributed by atoms with Crippen LogP contribution in [-0.2, 0) is 0 Å². The highest BCUT2D eigenvalue weighted by Crippen LogP contribution is 2.36. The molecule has 0 atom stereocenters. The molecule has 0 spiro atoms. The van der Waals surface area contributed by atoms with Gasteiger partial charge in [0.25, 0.3) is 0 Å². The van der Waals surface area contributed by atoms with Crippen LogP contribution in [-0.4, -0.2) is 0 Å². The van der Waals surface area contributed by atoms with E-state index in [1.165, 1.54) is 0 Å². The molecule has 0 amide bonds. The number of hydrogen-bond acceptors (Lipinski definition) is 3. The molecule has 4 rings (SSSR count). The third-order valence-corrected chi connectivity index (χ3v) is 3.67. The van der Waals surface area contributed by atoms with Crippen molar-refractivity contribution in [2.45, 2.75) is 0 Å². The predicted molar refractivity (Wildman–Crippen MR) is 86.5 cm³/mol. The lowest BCUT2D eigenvalue weighted by Crippen LogP contribution is -2.24. The van der Waals surface area contributed by atoms with Crippen LogP contribution in [0.4, 0.5) is 11.4 Å². The molecule has 0 radical (unpaired) electrons. The second kappa shape index (κ2) is 4.65. The summed E-state index contributed by atoms with van der Waals surface area (Å²) in [6.07, 6.45) is 0. The van der Waals surface area contributed by atoms with Gasteiger partial charge >= 0.3 is 0 Å². The Hall–Kier alpha value is -2.78. The van der Waals surface area contributed by atoms with E-state index in [0.29, 0.717) is 0 Å². The maximum atomic E-state index is 6.32. The van der Waals surface area contributed by atoms with Crippen LogP contribution in [0.2, 0.25) is 0 Å². The molecule has 3 aromatic carbocycles. The molecule has 3 heteroatoms. The van der Waals surface area contributed by atoms with Crippen LogP contribution < -0.4 is 10.9 Å². The van der Waals surface area contributed by atoms with Gasteiger partial charge in [-0.25, -0.2) is 5.84 Å². The van der Waals surface area contributed by atoms with Crippen molar-refractivity contribution in [3.8, 4) is 0 Å². The largest absolute Gasteiger partial charge is 0.456 e. The zero-order valence-corrected chi connectivity index (χ0v) is 11.4. The summed E-state index contributed by atoms with van der Waals surface area (Å²) in [5.74, 6) is 6.32. The molecule has 0 saturated carbocycles. The summed E-state index contributed by atoms with van der Waals surface area (Å²) in [6.45, 7) is 0. The molecule has 0 saturated heterocycles. The van der Waals surface area contributed by atoms with Crippen molar-refractivity contribution < 1.29 is 4.42 Å². The molecule has 2 N–H and O–H groups in total. The van der Waals surface area contributed by atoms with Gasteiger partial charge in [-0.15, -0.1) is 0 Å². The molecule has 1 aromatic heterocycles. The minimum absolute atomic E-state index is 0.847. The van der Waals surface area contributed by atoms with E-state index in [4.69, 9.17) is 10.3 Å². The number of nitrogens with two attached hydrogens (primary N) is 1. The van der Waals surface area contributed by atoms with E-state index in [-0.39, 0.29) is 0 Å². The van der Waals surface area contributed by atoms with Gasteiger partial charge in [-0.05, 0) is 30.3 Å². The molecule has 0 fully saturated rings. The summed E-state index contributed by atoms with van der Waals surface area (Å²) in [5, 5.41) is 3.82. The molecular formula is C18H14N2O. The topological polar surface area (TPSA) is 42.4 Å². The van der Waals surface area contributed by atoms with Gasteiger partial charge in [-0.3, -0.25) is 5.01 Å². The Kier molecular flexibility index (Phi) is 2.66. The third-order valence-electron chi connectivity index (χ3n) is 3.67. The average Bonchev–Trinajstić information content (AvgIpc) is 2.93. The van der Waals surface area contributed by atoms with Gasteiger partial charge in [0.05, 0.1) is 16.8 Å². The van der Waals surface area contributed by atoms with E-state index in [0.717, 1.165) is 33.3 Å². The van der Waals surface area contributed by atoms with E-state index in [1.807, 2.05) is 66.7 Å². The second-order valence-electron chi connectivity index (χ2n) is 4.95. The number of rotatable bonds is 2. The van der Waals surface area contributed by atoms with E-state index in [2.05, 4.69) is 6.07 Å². The summed E-state index contributed by atoms with van der Waals surface area (Å²) in [6, 6.07) is 23.9. The van der Waals surface area contributed by atoms with Crippen molar-refractivity contribution in [2.24, 2.45) is 5.84 Å². The summed E-state index contributed by atoms with van der Waals surface area (Å²) in [4.78, 5) is 0. The highest BCUT2D eigenvalue weighted by molar-refractivity contribution is 6.12. The lowest BCUT2D eigenvalue weighted by Gasteiger charge is -2.19. The van der Waals surface area contributed by atoms with Crippen molar-refractivity contribution in [2.75, 3.05) is 5.01 Å². The monoisotopic (exact) mass is 274 g/mol. The number of hydrazine groups is 1. The van der Waals surface area contributed by atoms with Crippen LogP contribution in [0.25, 0.3) is 21.9 Å². The Morgan fingerprint density at radius 2 is 1.43 bits per heavy atom. The summed E-state index contributed by atoms with van der Waals surface area (Å²) in [5.41, 5.74) is 3.60. The van der Waals surface area contributed by atoms with E-state index < -0.39 is 0 Å². The second-order valence-corrected chi connectivity index (χ2v) is 4.95. The van der Waals surface area contributed by atoms with Crippen molar-refractivity contribution in [3.63, 3.8) is 0 Å². The molecule has 3 nitrogen and oxygen atoms in total. The van der Waals surface area contributed by atoms with Gasteiger partial charge in [0.1, 0.15) is 11.2 Å². The fourth-order valence-corrected chi connectivity index (χ4v) is 2.68. The Balaban J connectivity index is 2.00. The number of benzene rings is 3. The lowest BCUT2D eigenvalue weighted by atomic mass is 10.1. The lowest BCUT2D eigenvalue weighted by molar-refractivity contribution is 0.669.